The number of carbonyl (C=O) groups is 1. The van der Waals surface area contributed by atoms with E-state index in [-0.39, 0.29) is 29.2 Å². The molecule has 98 valence electrons. The predicted octanol–water partition coefficient (Wildman–Crippen LogP) is 0.752. The largest absolute Gasteiger partial charge is 0.458 e. The number of rotatable bonds is 2. The van der Waals surface area contributed by atoms with Crippen LogP contribution in [-0.4, -0.2) is 32.0 Å². The van der Waals surface area contributed by atoms with E-state index in [0.717, 1.165) is 12.1 Å². The predicted molar refractivity (Wildman–Crippen MR) is 63.3 cm³/mol. The number of nitrogen functional groups attached to an aromatic ring is 1. The number of carbonyl (C=O) groups excluding carboxylic acids is 1. The summed E-state index contributed by atoms with van der Waals surface area (Å²) in [5.74, 6) is -1.57. The van der Waals surface area contributed by atoms with Crippen molar-refractivity contribution in [3.05, 3.63) is 29.6 Å². The Labute approximate surface area is 104 Å². The van der Waals surface area contributed by atoms with Crippen molar-refractivity contribution >= 4 is 21.5 Å². The second kappa shape index (κ2) is 4.56. The van der Waals surface area contributed by atoms with Crippen molar-refractivity contribution < 1.29 is 22.3 Å². The molecule has 1 unspecified atom stereocenters. The van der Waals surface area contributed by atoms with Gasteiger partial charge in [0.05, 0.1) is 17.1 Å². The number of hydrogen-bond acceptors (Lipinski definition) is 5. The van der Waals surface area contributed by atoms with Crippen LogP contribution in [-0.2, 0) is 14.6 Å². The van der Waals surface area contributed by atoms with Crippen molar-refractivity contribution in [2.24, 2.45) is 0 Å². The Kier molecular flexibility index (Phi) is 3.25. The zero-order chi connectivity index (χ0) is 13.3. The summed E-state index contributed by atoms with van der Waals surface area (Å²) in [4.78, 5) is 11.7. The van der Waals surface area contributed by atoms with E-state index in [2.05, 4.69) is 0 Å². The summed E-state index contributed by atoms with van der Waals surface area (Å²) >= 11 is 0. The van der Waals surface area contributed by atoms with Gasteiger partial charge in [0.2, 0.25) is 0 Å². The van der Waals surface area contributed by atoms with E-state index in [1.807, 2.05) is 0 Å². The molecule has 0 aromatic heterocycles. The molecule has 0 spiro atoms. The second-order valence-corrected chi connectivity index (χ2v) is 6.43. The molecule has 1 aliphatic rings. The fourth-order valence-electron chi connectivity index (χ4n) is 1.80. The summed E-state index contributed by atoms with van der Waals surface area (Å²) in [6.45, 7) is 0. The number of nitrogens with two attached hydrogens (primary N) is 1. The number of sulfone groups is 1. The zero-order valence-electron chi connectivity index (χ0n) is 9.43. The minimum absolute atomic E-state index is 0.0102. The summed E-state index contributed by atoms with van der Waals surface area (Å²) in [5, 5.41) is 0. The van der Waals surface area contributed by atoms with Crippen LogP contribution in [0.15, 0.2) is 18.2 Å². The highest BCUT2D eigenvalue weighted by atomic mass is 32.2. The Hall–Kier alpha value is -1.63. The Bertz CT molecular complexity index is 564. The minimum Gasteiger partial charge on any atom is -0.458 e. The van der Waals surface area contributed by atoms with Crippen LogP contribution in [0.5, 0.6) is 0 Å². The number of benzene rings is 1. The van der Waals surface area contributed by atoms with E-state index >= 15 is 0 Å². The minimum atomic E-state index is -3.12. The van der Waals surface area contributed by atoms with Crippen molar-refractivity contribution in [2.75, 3.05) is 17.2 Å². The van der Waals surface area contributed by atoms with Gasteiger partial charge in [0.25, 0.3) is 0 Å². The van der Waals surface area contributed by atoms with Crippen LogP contribution >= 0.6 is 0 Å². The molecule has 1 saturated heterocycles. The quantitative estimate of drug-likeness (QED) is 0.634. The van der Waals surface area contributed by atoms with Crippen LogP contribution < -0.4 is 5.73 Å². The summed E-state index contributed by atoms with van der Waals surface area (Å²) in [6.07, 6.45) is -0.384. The number of anilines is 1. The molecule has 0 saturated carbocycles. The summed E-state index contributed by atoms with van der Waals surface area (Å²) in [7, 11) is -3.12. The highest BCUT2D eigenvalue weighted by molar-refractivity contribution is 7.91. The molecule has 0 aliphatic carbocycles. The molecule has 1 fully saturated rings. The van der Waals surface area contributed by atoms with Crippen LogP contribution in [0.1, 0.15) is 16.8 Å². The number of esters is 1. The van der Waals surface area contributed by atoms with Gasteiger partial charge in [0, 0.05) is 5.69 Å². The van der Waals surface area contributed by atoms with Crippen molar-refractivity contribution in [3.63, 3.8) is 0 Å². The normalized spacial score (nSPS) is 21.7. The third kappa shape index (κ3) is 2.98. The average Bonchev–Trinajstić information content (AvgIpc) is 2.56. The molecule has 2 rings (SSSR count). The van der Waals surface area contributed by atoms with Crippen LogP contribution in [0, 0.1) is 5.82 Å². The zero-order valence-corrected chi connectivity index (χ0v) is 10.2. The van der Waals surface area contributed by atoms with Gasteiger partial charge in [-0.15, -0.1) is 0 Å². The maximum absolute atomic E-state index is 13.0. The lowest BCUT2D eigenvalue weighted by Crippen LogP contribution is -2.19. The van der Waals surface area contributed by atoms with Gasteiger partial charge in [0.15, 0.2) is 9.84 Å². The molecule has 1 aromatic carbocycles. The Balaban J connectivity index is 2.08. The summed E-state index contributed by atoms with van der Waals surface area (Å²) in [6, 6.07) is 3.37. The highest BCUT2D eigenvalue weighted by Gasteiger charge is 2.31. The lowest BCUT2D eigenvalue weighted by molar-refractivity contribution is 0.0356. The highest BCUT2D eigenvalue weighted by Crippen LogP contribution is 2.18. The van der Waals surface area contributed by atoms with Gasteiger partial charge in [-0.1, -0.05) is 0 Å². The Morgan fingerprint density at radius 3 is 2.67 bits per heavy atom. The summed E-state index contributed by atoms with van der Waals surface area (Å²) in [5.41, 5.74) is 5.50. The van der Waals surface area contributed by atoms with E-state index in [4.69, 9.17) is 10.5 Å². The van der Waals surface area contributed by atoms with E-state index in [0.29, 0.717) is 0 Å². The van der Waals surface area contributed by atoms with Gasteiger partial charge in [0.1, 0.15) is 11.9 Å². The fraction of sp³-hybridized carbons (Fsp3) is 0.364. The van der Waals surface area contributed by atoms with Crippen LogP contribution in [0.2, 0.25) is 0 Å². The number of ether oxygens (including phenoxy) is 1. The van der Waals surface area contributed by atoms with Gasteiger partial charge in [-0.05, 0) is 24.6 Å². The van der Waals surface area contributed by atoms with E-state index in [1.165, 1.54) is 6.07 Å². The van der Waals surface area contributed by atoms with Gasteiger partial charge in [-0.25, -0.2) is 17.6 Å². The molecular formula is C11H12FNO4S. The molecule has 1 aliphatic heterocycles. The third-order valence-electron chi connectivity index (χ3n) is 2.62. The average molecular weight is 273 g/mol. The molecule has 0 radical (unpaired) electrons. The lowest BCUT2D eigenvalue weighted by Gasteiger charge is -2.10. The smallest absolute Gasteiger partial charge is 0.338 e. The summed E-state index contributed by atoms with van der Waals surface area (Å²) < 4.78 is 40.4. The van der Waals surface area contributed by atoms with Crippen LogP contribution in [0.4, 0.5) is 10.1 Å². The van der Waals surface area contributed by atoms with Gasteiger partial charge in [-0.2, -0.15) is 0 Å². The van der Waals surface area contributed by atoms with E-state index in [1.54, 1.807) is 0 Å². The van der Waals surface area contributed by atoms with Crippen molar-refractivity contribution in [1.82, 2.24) is 0 Å². The first-order valence-electron chi connectivity index (χ1n) is 5.33. The van der Waals surface area contributed by atoms with Gasteiger partial charge < -0.3 is 10.5 Å². The van der Waals surface area contributed by atoms with Crippen LogP contribution in [0.25, 0.3) is 0 Å². The molecule has 0 amide bonds. The van der Waals surface area contributed by atoms with E-state index < -0.39 is 27.7 Å². The molecule has 1 heterocycles. The molecular weight excluding hydrogens is 261 g/mol. The molecule has 2 N–H and O–H groups in total. The van der Waals surface area contributed by atoms with Crippen molar-refractivity contribution in [1.29, 1.82) is 0 Å². The van der Waals surface area contributed by atoms with Gasteiger partial charge in [-0.3, -0.25) is 0 Å². The number of halogens is 1. The third-order valence-corrected chi connectivity index (χ3v) is 4.36. The molecule has 1 atom stereocenters. The van der Waals surface area contributed by atoms with Gasteiger partial charge >= 0.3 is 5.97 Å². The fourth-order valence-corrected chi connectivity index (χ4v) is 3.39. The molecule has 18 heavy (non-hydrogen) atoms. The standard InChI is InChI=1S/C11H12FNO4S/c12-8-3-7(4-9(13)5-8)11(14)17-10-1-2-18(15,16)6-10/h3-5,10H,1-2,6,13H2. The SMILES string of the molecule is Nc1cc(F)cc(C(=O)OC2CCS(=O)(=O)C2)c1. The van der Waals surface area contributed by atoms with E-state index in [9.17, 15) is 17.6 Å². The molecule has 0 bridgehead atoms. The monoisotopic (exact) mass is 273 g/mol. The Morgan fingerprint density at radius 2 is 2.11 bits per heavy atom. The first-order chi connectivity index (χ1) is 8.35. The maximum Gasteiger partial charge on any atom is 0.338 e. The topological polar surface area (TPSA) is 86.5 Å². The van der Waals surface area contributed by atoms with Crippen molar-refractivity contribution in [2.45, 2.75) is 12.5 Å². The maximum atomic E-state index is 13.0. The Morgan fingerprint density at radius 1 is 1.39 bits per heavy atom. The van der Waals surface area contributed by atoms with Crippen molar-refractivity contribution in [3.8, 4) is 0 Å². The second-order valence-electron chi connectivity index (χ2n) is 4.20. The van der Waals surface area contributed by atoms with Crippen LogP contribution in [0.3, 0.4) is 0 Å². The lowest BCUT2D eigenvalue weighted by atomic mass is 10.2. The molecule has 5 nitrogen and oxygen atoms in total. The number of hydrogen-bond donors (Lipinski definition) is 1. The molecule has 1 aromatic rings. The first-order valence-corrected chi connectivity index (χ1v) is 7.15. The molecule has 7 heteroatoms. The first kappa shape index (κ1) is 12.8.